The largest absolute Gasteiger partial charge is 0.313 e. The summed E-state index contributed by atoms with van der Waals surface area (Å²) >= 11 is 7.24. The molecule has 0 aromatic carbocycles. The quantitative estimate of drug-likeness (QED) is 0.333. The van der Waals surface area contributed by atoms with E-state index in [0.717, 1.165) is 0 Å². The van der Waals surface area contributed by atoms with Gasteiger partial charge < -0.3 is 4.55 Å². The van der Waals surface area contributed by atoms with E-state index in [1.807, 2.05) is 0 Å². The molecule has 0 aromatic heterocycles. The predicted octanol–water partition coefficient (Wildman–Crippen LogP) is 0.682. The first-order valence-electron chi connectivity index (χ1n) is 0.736. The van der Waals surface area contributed by atoms with Crippen LogP contribution in [-0.4, -0.2) is 4.55 Å². The summed E-state index contributed by atoms with van der Waals surface area (Å²) in [5.74, 6) is 0. The third-order valence-electron chi connectivity index (χ3n) is 0. The van der Waals surface area contributed by atoms with Gasteiger partial charge in [0.25, 0.3) is 0 Å². The van der Waals surface area contributed by atoms with Crippen molar-refractivity contribution >= 4 is 30.5 Å². The Bertz CT molecular complexity index is 90.1. The van der Waals surface area contributed by atoms with Gasteiger partial charge in [-0.15, -0.1) is 0 Å². The molecule has 0 heterocycles. The van der Waals surface area contributed by atoms with Crippen molar-refractivity contribution in [1.29, 1.82) is 4.78 Å². The van der Waals surface area contributed by atoms with Crippen LogP contribution in [0.5, 0.6) is 0 Å². The van der Waals surface area contributed by atoms with Gasteiger partial charge in [-0.05, 0) is 11.2 Å². The maximum absolute atomic E-state index is 7.95. The summed E-state index contributed by atoms with van der Waals surface area (Å²) in [5.41, 5.74) is 0. The highest BCUT2D eigenvalue weighted by atomic mass is 33.3. The Morgan fingerprint density at radius 1 is 2.00 bits per heavy atom. The van der Waals surface area contributed by atoms with Crippen LogP contribution in [-0.2, 0) is 18.9 Å². The standard InChI is InChI=1S/H3NOS3/c1-5(2,3)4/h(H3,1,2,3,4). The molecule has 0 fully saturated rings. The summed E-state index contributed by atoms with van der Waals surface area (Å²) in [4.78, 5) is 0. The summed E-state index contributed by atoms with van der Waals surface area (Å²) in [7, 11) is -2.64. The van der Waals surface area contributed by atoms with Crippen LogP contribution in [0.1, 0.15) is 0 Å². The Labute approximate surface area is 40.3 Å². The molecule has 0 radical (unpaired) electrons. The molecule has 2 nitrogen and oxygen atoms in total. The van der Waals surface area contributed by atoms with E-state index in [0.29, 0.717) is 0 Å². The molecule has 0 bridgehead atoms. The zero-order valence-corrected chi connectivity index (χ0v) is 4.74. The van der Waals surface area contributed by atoms with Crippen LogP contribution in [0.25, 0.3) is 0 Å². The highest BCUT2D eigenvalue weighted by molar-refractivity contribution is 8.77. The van der Waals surface area contributed by atoms with E-state index < -0.39 is 7.70 Å². The first kappa shape index (κ1) is 5.68. The smallest absolute Gasteiger partial charge is 0.0813 e. The fraction of sp³-hybridized carbons (Fsp3) is 0. The van der Waals surface area contributed by atoms with E-state index >= 15 is 0 Å². The van der Waals surface area contributed by atoms with Crippen molar-refractivity contribution in [3.05, 3.63) is 0 Å². The molecule has 0 aliphatic heterocycles. The molecule has 5 heteroatoms. The van der Waals surface area contributed by atoms with Gasteiger partial charge in [0.05, 0.1) is 7.70 Å². The average molecular weight is 129 g/mol. The SMILES string of the molecule is N=S(O)(=S)S. The fourth-order valence-electron chi connectivity index (χ4n) is 0. The van der Waals surface area contributed by atoms with E-state index in [-0.39, 0.29) is 0 Å². The second kappa shape index (κ2) is 1.42. The number of hydrogen-bond donors (Lipinski definition) is 3. The third kappa shape index (κ3) is 72.7. The van der Waals surface area contributed by atoms with E-state index in [4.69, 9.17) is 9.33 Å². The topological polar surface area (TPSA) is 44.1 Å². The lowest BCUT2D eigenvalue weighted by atomic mass is 14.0. The second-order valence-corrected chi connectivity index (χ2v) is 5.26. The van der Waals surface area contributed by atoms with E-state index in [1.54, 1.807) is 0 Å². The van der Waals surface area contributed by atoms with Crippen molar-refractivity contribution in [2.75, 3.05) is 0 Å². The zero-order chi connectivity index (χ0) is 4.50. The lowest BCUT2D eigenvalue weighted by molar-refractivity contribution is 0.658. The molecule has 0 rings (SSSR count). The van der Waals surface area contributed by atoms with Crippen molar-refractivity contribution < 1.29 is 4.55 Å². The fourth-order valence-corrected chi connectivity index (χ4v) is 0. The molecule has 5 heavy (non-hydrogen) atoms. The first-order valence-corrected chi connectivity index (χ1v) is 4.30. The average Bonchev–Trinajstić information content (AvgIpc) is 0.722. The predicted molar refractivity (Wildman–Crippen MR) is 29.1 cm³/mol. The lowest BCUT2D eigenvalue weighted by Crippen LogP contribution is -1.70. The number of nitrogens with one attached hydrogen (secondary N) is 1. The molecule has 1 atom stereocenters. The molecule has 0 aromatic rings. The minimum Gasteiger partial charge on any atom is -0.313 e. The minimum atomic E-state index is -2.64. The van der Waals surface area contributed by atoms with Crippen LogP contribution < -0.4 is 0 Å². The van der Waals surface area contributed by atoms with E-state index in [2.05, 4.69) is 22.8 Å². The van der Waals surface area contributed by atoms with Gasteiger partial charge in [-0.3, -0.25) is 0 Å². The van der Waals surface area contributed by atoms with Crippen molar-refractivity contribution in [3.8, 4) is 0 Å². The molecule has 1 unspecified atom stereocenters. The van der Waals surface area contributed by atoms with Gasteiger partial charge >= 0.3 is 0 Å². The summed E-state index contributed by atoms with van der Waals surface area (Å²) in [6.45, 7) is 0. The molecule has 2 N–H and O–H groups in total. The van der Waals surface area contributed by atoms with E-state index in [1.165, 1.54) is 0 Å². The Hall–Kier alpha value is 0.680. The maximum atomic E-state index is 7.95. The highest BCUT2D eigenvalue weighted by Crippen LogP contribution is 1.85. The van der Waals surface area contributed by atoms with Gasteiger partial charge in [0.1, 0.15) is 0 Å². The Morgan fingerprint density at radius 2 is 2.00 bits per heavy atom. The van der Waals surface area contributed by atoms with E-state index in [9.17, 15) is 0 Å². The van der Waals surface area contributed by atoms with Gasteiger partial charge in [0, 0.05) is 0 Å². The monoisotopic (exact) mass is 129 g/mol. The molecule has 0 saturated heterocycles. The molecular weight excluding hydrogens is 126 g/mol. The van der Waals surface area contributed by atoms with Crippen LogP contribution in [0.2, 0.25) is 0 Å². The van der Waals surface area contributed by atoms with Crippen LogP contribution in [0, 0.1) is 4.78 Å². The normalized spacial score (nSPS) is 21.2. The number of rotatable bonds is 0. The van der Waals surface area contributed by atoms with Gasteiger partial charge in [0.15, 0.2) is 0 Å². The van der Waals surface area contributed by atoms with Crippen molar-refractivity contribution in [3.63, 3.8) is 0 Å². The summed E-state index contributed by atoms with van der Waals surface area (Å²) in [6.07, 6.45) is 0. The molecule has 0 aliphatic carbocycles. The zero-order valence-electron chi connectivity index (χ0n) is 2.21. The van der Waals surface area contributed by atoms with Gasteiger partial charge in [-0.1, -0.05) is 11.7 Å². The molecule has 0 amide bonds. The number of hydrogen-bond acceptors (Lipinski definition) is 2. The molecule has 0 aliphatic rings. The number of thiol groups is 1. The van der Waals surface area contributed by atoms with Gasteiger partial charge in [-0.2, -0.15) is 0 Å². The minimum absolute atomic E-state index is 2.64. The van der Waals surface area contributed by atoms with Gasteiger partial charge in [-0.25, -0.2) is 4.78 Å². The van der Waals surface area contributed by atoms with Crippen LogP contribution in [0.4, 0.5) is 0 Å². The molecule has 32 valence electrons. The third-order valence-corrected chi connectivity index (χ3v) is 0. The van der Waals surface area contributed by atoms with Gasteiger partial charge in [0.2, 0.25) is 0 Å². The summed E-state index contributed by atoms with van der Waals surface area (Å²) in [5, 5.41) is 0. The van der Waals surface area contributed by atoms with Crippen molar-refractivity contribution in [2.24, 2.45) is 0 Å². The first-order chi connectivity index (χ1) is 2.00. The van der Waals surface area contributed by atoms with Crippen molar-refractivity contribution in [2.45, 2.75) is 0 Å². The molecule has 0 saturated carbocycles. The Balaban J connectivity index is 4.06. The molecular formula is H3NOS3. The summed E-state index contributed by atoms with van der Waals surface area (Å²) in [6, 6.07) is 0. The molecule has 0 spiro atoms. The Morgan fingerprint density at radius 3 is 2.00 bits per heavy atom. The lowest BCUT2D eigenvalue weighted by Gasteiger charge is -1.78. The van der Waals surface area contributed by atoms with Crippen molar-refractivity contribution in [1.82, 2.24) is 0 Å². The Kier molecular flexibility index (Phi) is 1.61. The van der Waals surface area contributed by atoms with Crippen LogP contribution >= 0.6 is 11.7 Å². The van der Waals surface area contributed by atoms with Crippen LogP contribution in [0.15, 0.2) is 0 Å². The maximum Gasteiger partial charge on any atom is 0.0813 e. The second-order valence-electron chi connectivity index (χ2n) is 0.497. The summed E-state index contributed by atoms with van der Waals surface area (Å²) < 4.78 is 14.2. The highest BCUT2D eigenvalue weighted by Gasteiger charge is 1.70. The van der Waals surface area contributed by atoms with Crippen LogP contribution in [0.3, 0.4) is 0 Å².